The van der Waals surface area contributed by atoms with E-state index in [2.05, 4.69) is 34.5 Å². The minimum absolute atomic E-state index is 0.484. The van der Waals surface area contributed by atoms with Crippen LogP contribution < -0.4 is 5.32 Å². The van der Waals surface area contributed by atoms with Crippen LogP contribution in [0, 0.1) is 0 Å². The number of benzene rings is 1. The Hall–Kier alpha value is -0.900. The van der Waals surface area contributed by atoms with Crippen LogP contribution in [0.3, 0.4) is 0 Å². The van der Waals surface area contributed by atoms with Gasteiger partial charge in [0.25, 0.3) is 0 Å². The second kappa shape index (κ2) is 6.70. The molecule has 1 aliphatic heterocycles. The van der Waals surface area contributed by atoms with E-state index in [1.54, 1.807) is 0 Å². The molecule has 1 heterocycles. The number of nitrogens with zero attached hydrogens (tertiary/aromatic N) is 1. The van der Waals surface area contributed by atoms with Crippen LogP contribution in [0.4, 0.5) is 0 Å². The third-order valence-electron chi connectivity index (χ3n) is 4.61. The third kappa shape index (κ3) is 3.22. The molecule has 3 rings (SSSR count). The summed E-state index contributed by atoms with van der Waals surface area (Å²) in [6, 6.07) is 9.62. The molecule has 20 heavy (non-hydrogen) atoms. The van der Waals surface area contributed by atoms with E-state index >= 15 is 0 Å². The highest BCUT2D eigenvalue weighted by atomic mass is 16.5. The van der Waals surface area contributed by atoms with E-state index in [-0.39, 0.29) is 0 Å². The Bertz CT molecular complexity index is 433. The Morgan fingerprint density at radius 2 is 2.10 bits per heavy atom. The summed E-state index contributed by atoms with van der Waals surface area (Å²) >= 11 is 0. The molecule has 1 saturated carbocycles. The van der Waals surface area contributed by atoms with Gasteiger partial charge in [-0.1, -0.05) is 37.1 Å². The maximum atomic E-state index is 5.96. The normalized spacial score (nSPS) is 27.2. The number of ether oxygens (including phenoxy) is 1. The number of nitrogens with one attached hydrogen (secondary N) is 1. The van der Waals surface area contributed by atoms with Crippen LogP contribution >= 0.6 is 0 Å². The molecule has 2 fully saturated rings. The van der Waals surface area contributed by atoms with Crippen molar-refractivity contribution in [3.63, 3.8) is 0 Å². The first kappa shape index (κ1) is 14.1. The van der Waals surface area contributed by atoms with Crippen molar-refractivity contribution in [2.24, 2.45) is 0 Å². The first-order chi connectivity index (χ1) is 9.86. The van der Waals surface area contributed by atoms with Crippen LogP contribution in [-0.4, -0.2) is 37.2 Å². The molecule has 3 heteroatoms. The van der Waals surface area contributed by atoms with Gasteiger partial charge >= 0.3 is 0 Å². The summed E-state index contributed by atoms with van der Waals surface area (Å²) in [5, 5.41) is 3.23. The van der Waals surface area contributed by atoms with Gasteiger partial charge in [-0.2, -0.15) is 0 Å². The van der Waals surface area contributed by atoms with Gasteiger partial charge in [-0.3, -0.25) is 4.90 Å². The number of rotatable bonds is 4. The van der Waals surface area contributed by atoms with Crippen LogP contribution in [0.25, 0.3) is 0 Å². The third-order valence-corrected chi connectivity index (χ3v) is 4.61. The zero-order valence-electron chi connectivity index (χ0n) is 12.5. The van der Waals surface area contributed by atoms with Crippen LogP contribution in [0.5, 0.6) is 0 Å². The first-order valence-electron chi connectivity index (χ1n) is 7.95. The smallest absolute Gasteiger partial charge is 0.0731 e. The van der Waals surface area contributed by atoms with Crippen molar-refractivity contribution in [1.82, 2.24) is 10.2 Å². The van der Waals surface area contributed by atoms with Crippen molar-refractivity contribution in [2.45, 2.75) is 50.9 Å². The highest BCUT2D eigenvalue weighted by Crippen LogP contribution is 2.29. The lowest BCUT2D eigenvalue weighted by Crippen LogP contribution is -2.52. The van der Waals surface area contributed by atoms with Gasteiger partial charge in [-0.05, 0) is 31.0 Å². The predicted octanol–water partition coefficient (Wildman–Crippen LogP) is 2.55. The Morgan fingerprint density at radius 3 is 3.00 bits per heavy atom. The fourth-order valence-corrected chi connectivity index (χ4v) is 3.65. The molecular formula is C17H26N2O. The monoisotopic (exact) mass is 274 g/mol. The summed E-state index contributed by atoms with van der Waals surface area (Å²) in [7, 11) is 2.00. The van der Waals surface area contributed by atoms with Gasteiger partial charge in [0.2, 0.25) is 0 Å². The van der Waals surface area contributed by atoms with Gasteiger partial charge in [0.15, 0.2) is 0 Å². The van der Waals surface area contributed by atoms with E-state index in [1.165, 1.54) is 36.8 Å². The molecule has 2 atom stereocenters. The van der Waals surface area contributed by atoms with Gasteiger partial charge in [0.05, 0.1) is 12.7 Å². The van der Waals surface area contributed by atoms with Gasteiger partial charge in [-0.15, -0.1) is 0 Å². The van der Waals surface area contributed by atoms with Crippen molar-refractivity contribution < 1.29 is 4.74 Å². The summed E-state index contributed by atoms with van der Waals surface area (Å²) in [5.41, 5.74) is 2.81. The lowest BCUT2D eigenvalue weighted by molar-refractivity contribution is -0.0911. The average Bonchev–Trinajstić information content (AvgIpc) is 2.48. The number of hydrogen-bond donors (Lipinski definition) is 1. The molecule has 0 spiro atoms. The predicted molar refractivity (Wildman–Crippen MR) is 81.6 cm³/mol. The number of morpholine rings is 1. The minimum Gasteiger partial charge on any atom is -0.375 e. The molecule has 0 amide bonds. The van der Waals surface area contributed by atoms with E-state index in [0.29, 0.717) is 12.1 Å². The molecule has 0 radical (unpaired) electrons. The molecule has 1 N–H and O–H groups in total. The quantitative estimate of drug-likeness (QED) is 0.913. The zero-order valence-corrected chi connectivity index (χ0v) is 12.5. The highest BCUT2D eigenvalue weighted by molar-refractivity contribution is 5.23. The maximum Gasteiger partial charge on any atom is 0.0731 e. The van der Waals surface area contributed by atoms with Crippen molar-refractivity contribution in [3.05, 3.63) is 35.4 Å². The average molecular weight is 274 g/mol. The summed E-state index contributed by atoms with van der Waals surface area (Å²) in [4.78, 5) is 2.64. The molecule has 0 aromatic heterocycles. The Labute approximate surface area is 122 Å². The Morgan fingerprint density at radius 1 is 1.25 bits per heavy atom. The standard InChI is InChI=1S/C17H26N2O/c1-18-12-14-5-4-6-15(11-14)13-19-9-10-20-17-8-3-2-7-16(17)19/h4-6,11,16-18H,2-3,7-10,12-13H2,1H3. The van der Waals surface area contributed by atoms with Crippen LogP contribution in [0.2, 0.25) is 0 Å². The molecule has 1 aromatic rings. The molecule has 1 aromatic carbocycles. The van der Waals surface area contributed by atoms with Gasteiger partial charge in [0, 0.05) is 25.7 Å². The fraction of sp³-hybridized carbons (Fsp3) is 0.647. The van der Waals surface area contributed by atoms with Crippen molar-refractivity contribution in [1.29, 1.82) is 0 Å². The van der Waals surface area contributed by atoms with Crippen LogP contribution in [0.1, 0.15) is 36.8 Å². The minimum atomic E-state index is 0.484. The fourth-order valence-electron chi connectivity index (χ4n) is 3.65. The summed E-state index contributed by atoms with van der Waals surface area (Å²) in [6.45, 7) is 4.00. The van der Waals surface area contributed by atoms with Crippen molar-refractivity contribution in [3.8, 4) is 0 Å². The molecule has 3 nitrogen and oxygen atoms in total. The Balaban J connectivity index is 1.68. The van der Waals surface area contributed by atoms with E-state index in [0.717, 1.165) is 26.2 Å². The van der Waals surface area contributed by atoms with Crippen LogP contribution in [-0.2, 0) is 17.8 Å². The van der Waals surface area contributed by atoms with Crippen molar-refractivity contribution in [2.75, 3.05) is 20.2 Å². The lowest BCUT2D eigenvalue weighted by atomic mass is 9.90. The van der Waals surface area contributed by atoms with E-state index in [9.17, 15) is 0 Å². The highest BCUT2D eigenvalue weighted by Gasteiger charge is 2.33. The zero-order chi connectivity index (χ0) is 13.8. The lowest BCUT2D eigenvalue weighted by Gasteiger charge is -2.44. The number of fused-ring (bicyclic) bond motifs is 1. The topological polar surface area (TPSA) is 24.5 Å². The number of hydrogen-bond acceptors (Lipinski definition) is 3. The summed E-state index contributed by atoms with van der Waals surface area (Å²) in [5.74, 6) is 0. The molecule has 1 saturated heterocycles. The first-order valence-corrected chi connectivity index (χ1v) is 7.95. The molecule has 1 aliphatic carbocycles. The summed E-state index contributed by atoms with van der Waals surface area (Å²) in [6.07, 6.45) is 5.74. The molecular weight excluding hydrogens is 248 g/mol. The van der Waals surface area contributed by atoms with Crippen LogP contribution in [0.15, 0.2) is 24.3 Å². The Kier molecular flexibility index (Phi) is 4.71. The van der Waals surface area contributed by atoms with Gasteiger partial charge < -0.3 is 10.1 Å². The van der Waals surface area contributed by atoms with E-state index < -0.39 is 0 Å². The van der Waals surface area contributed by atoms with Gasteiger partial charge in [-0.25, -0.2) is 0 Å². The maximum absolute atomic E-state index is 5.96. The largest absolute Gasteiger partial charge is 0.375 e. The van der Waals surface area contributed by atoms with Gasteiger partial charge in [0.1, 0.15) is 0 Å². The second-order valence-corrected chi connectivity index (χ2v) is 6.08. The molecule has 2 aliphatic rings. The summed E-state index contributed by atoms with van der Waals surface area (Å²) < 4.78 is 5.96. The SMILES string of the molecule is CNCc1cccc(CN2CCOC3CCCCC32)c1. The molecule has 0 bridgehead atoms. The second-order valence-electron chi connectivity index (χ2n) is 6.08. The van der Waals surface area contributed by atoms with Crippen molar-refractivity contribution >= 4 is 0 Å². The van der Waals surface area contributed by atoms with E-state index in [4.69, 9.17) is 4.74 Å². The molecule has 110 valence electrons. The molecule has 2 unspecified atom stereocenters. The van der Waals surface area contributed by atoms with E-state index in [1.807, 2.05) is 7.05 Å².